The van der Waals surface area contributed by atoms with Gasteiger partial charge in [-0.25, -0.2) is 4.98 Å². The topological polar surface area (TPSA) is 92.7 Å². The van der Waals surface area contributed by atoms with Gasteiger partial charge in [-0.15, -0.1) is 6.42 Å². The minimum atomic E-state index is -4.54. The number of fused-ring (bicyclic) bond motifs is 1. The van der Waals surface area contributed by atoms with Crippen LogP contribution >= 0.6 is 11.6 Å². The highest BCUT2D eigenvalue weighted by Gasteiger charge is 2.30. The van der Waals surface area contributed by atoms with Gasteiger partial charge in [0, 0.05) is 11.1 Å². The third kappa shape index (κ3) is 5.07. The number of hydrogen-bond donors (Lipinski definition) is 2. The Morgan fingerprint density at radius 1 is 1.34 bits per heavy atom. The highest BCUT2D eigenvalue weighted by atomic mass is 35.5. The van der Waals surface area contributed by atoms with E-state index in [1.165, 1.54) is 18.5 Å². The number of aromatic amines is 1. The molecule has 1 aromatic carbocycles. The quantitative estimate of drug-likeness (QED) is 0.449. The summed E-state index contributed by atoms with van der Waals surface area (Å²) < 4.78 is 40.0. The van der Waals surface area contributed by atoms with Crippen LogP contribution in [0.15, 0.2) is 58.3 Å². The van der Waals surface area contributed by atoms with Crippen molar-refractivity contribution in [1.29, 1.82) is 0 Å². The molecule has 2 N–H and O–H groups in total. The minimum absolute atomic E-state index is 0.0133. The molecule has 0 aliphatic carbocycles. The molecule has 164 valence electrons. The van der Waals surface area contributed by atoms with Gasteiger partial charge in [0.15, 0.2) is 5.82 Å². The van der Waals surface area contributed by atoms with Crippen molar-refractivity contribution in [3.8, 4) is 12.3 Å². The summed E-state index contributed by atoms with van der Waals surface area (Å²) in [5.41, 5.74) is -0.966. The van der Waals surface area contributed by atoms with Crippen LogP contribution in [-0.2, 0) is 17.5 Å². The summed E-state index contributed by atoms with van der Waals surface area (Å²) in [6.45, 7) is 1.11. The van der Waals surface area contributed by atoms with Crippen LogP contribution in [0.1, 0.15) is 18.3 Å². The average Bonchev–Trinajstić information content (AvgIpc) is 3.26. The van der Waals surface area contributed by atoms with Crippen molar-refractivity contribution in [2.45, 2.75) is 19.6 Å². The van der Waals surface area contributed by atoms with E-state index in [0.717, 1.165) is 28.8 Å². The zero-order chi connectivity index (χ0) is 23.5. The first-order valence-corrected chi connectivity index (χ1v) is 9.39. The lowest BCUT2D eigenvalue weighted by Gasteiger charge is -2.13. The van der Waals surface area contributed by atoms with Crippen molar-refractivity contribution in [3.05, 3.63) is 75.2 Å². The van der Waals surface area contributed by atoms with Gasteiger partial charge in [-0.2, -0.15) is 18.3 Å². The van der Waals surface area contributed by atoms with Gasteiger partial charge in [0.1, 0.15) is 18.6 Å². The highest BCUT2D eigenvalue weighted by Crippen LogP contribution is 2.31. The number of pyridine rings is 1. The summed E-state index contributed by atoms with van der Waals surface area (Å²) in [5.74, 6) is 1.91. The maximum atomic E-state index is 13.0. The summed E-state index contributed by atoms with van der Waals surface area (Å²) in [4.78, 5) is 29.0. The first-order valence-electron chi connectivity index (χ1n) is 9.01. The van der Waals surface area contributed by atoms with E-state index in [1.807, 2.05) is 0 Å². The molecule has 0 unspecified atom stereocenters. The van der Waals surface area contributed by atoms with Gasteiger partial charge in [0.05, 0.1) is 16.7 Å². The van der Waals surface area contributed by atoms with E-state index in [-0.39, 0.29) is 28.0 Å². The summed E-state index contributed by atoms with van der Waals surface area (Å²) in [6.07, 6.45) is 3.72. The molecular weight excluding hydrogens is 447 g/mol. The summed E-state index contributed by atoms with van der Waals surface area (Å²) in [5, 5.41) is 9.37. The number of allylic oxidation sites excluding steroid dienone is 4. The van der Waals surface area contributed by atoms with Crippen LogP contribution in [0.25, 0.3) is 16.5 Å². The highest BCUT2D eigenvalue weighted by molar-refractivity contribution is 6.29. The lowest BCUT2D eigenvalue weighted by molar-refractivity contribution is -0.137. The number of hydrogen-bond acceptors (Lipinski definition) is 4. The van der Waals surface area contributed by atoms with E-state index in [9.17, 15) is 22.8 Å². The van der Waals surface area contributed by atoms with E-state index in [0.29, 0.717) is 5.03 Å². The molecule has 0 spiro atoms. The molecule has 0 saturated heterocycles. The summed E-state index contributed by atoms with van der Waals surface area (Å²) in [6, 6.07) is 5.26. The van der Waals surface area contributed by atoms with E-state index >= 15 is 0 Å². The normalized spacial score (nSPS) is 12.9. The van der Waals surface area contributed by atoms with E-state index in [4.69, 9.17) is 18.0 Å². The fraction of sp³-hybridized carbons (Fsp3) is 0.143. The first-order chi connectivity index (χ1) is 15.1. The number of benzene rings is 1. The van der Waals surface area contributed by atoms with Crippen molar-refractivity contribution in [3.63, 3.8) is 0 Å². The molecule has 0 saturated carbocycles. The van der Waals surface area contributed by atoms with Crippen LogP contribution in [-0.4, -0.2) is 25.7 Å². The second-order valence-corrected chi connectivity index (χ2v) is 7.17. The molecule has 7 nitrogen and oxygen atoms in total. The van der Waals surface area contributed by atoms with E-state index in [1.54, 1.807) is 6.92 Å². The first kappa shape index (κ1) is 22.8. The molecular formula is C21H15ClF3N5O2. The van der Waals surface area contributed by atoms with Gasteiger partial charge in [-0.3, -0.25) is 19.3 Å². The lowest BCUT2D eigenvalue weighted by atomic mass is 10.1. The molecule has 11 heteroatoms. The van der Waals surface area contributed by atoms with Crippen LogP contribution in [0.4, 0.5) is 13.2 Å². The Hall–Kier alpha value is -3.84. The predicted octanol–water partition coefficient (Wildman–Crippen LogP) is 3.44. The molecule has 1 amide bonds. The number of nitrogens with one attached hydrogen (secondary N) is 2. The molecule has 0 radical (unpaired) electrons. The van der Waals surface area contributed by atoms with Gasteiger partial charge in [-0.05, 0) is 42.7 Å². The third-order valence-corrected chi connectivity index (χ3v) is 4.42. The fourth-order valence-corrected chi connectivity index (χ4v) is 3.05. The molecule has 3 aromatic rings. The molecule has 32 heavy (non-hydrogen) atoms. The third-order valence-electron chi connectivity index (χ3n) is 4.31. The standard InChI is InChI=1S/C21H15ClF3N5O2/c1-3-16(15(8-12(2)22)20-26-11-27-29-20)28-18(31)10-30-17-6-5-14(21(23,24)25)9-13(17)4-7-19(30)32/h1,4-9,11H,10H2,2H3,(H,28,31)(H,26,27,29)/b12-8+,16-15-. The molecule has 0 aliphatic rings. The largest absolute Gasteiger partial charge is 0.416 e. The Morgan fingerprint density at radius 2 is 2.09 bits per heavy atom. The number of rotatable bonds is 5. The maximum Gasteiger partial charge on any atom is 0.416 e. The van der Waals surface area contributed by atoms with Crippen molar-refractivity contribution >= 4 is 34.0 Å². The molecule has 0 bridgehead atoms. The summed E-state index contributed by atoms with van der Waals surface area (Å²) in [7, 11) is 0. The van der Waals surface area contributed by atoms with Gasteiger partial charge < -0.3 is 5.32 Å². The molecule has 0 aliphatic heterocycles. The summed E-state index contributed by atoms with van der Waals surface area (Å²) >= 11 is 5.95. The Bertz CT molecular complexity index is 1330. The van der Waals surface area contributed by atoms with Crippen LogP contribution in [0, 0.1) is 12.3 Å². The zero-order valence-electron chi connectivity index (χ0n) is 16.5. The zero-order valence-corrected chi connectivity index (χ0v) is 17.3. The van der Waals surface area contributed by atoms with Crippen LogP contribution < -0.4 is 10.9 Å². The number of H-pyrrole nitrogens is 1. The SMILES string of the molecule is C#C/C(NC(=O)Cn1c(=O)ccc2cc(C(F)(F)F)ccc21)=C(\C=C(/C)Cl)c1ncn[nH]1. The van der Waals surface area contributed by atoms with Crippen molar-refractivity contribution in [1.82, 2.24) is 25.1 Å². The Labute approximate surface area is 184 Å². The van der Waals surface area contributed by atoms with Crippen molar-refractivity contribution in [2.24, 2.45) is 0 Å². The number of nitrogens with zero attached hydrogens (tertiary/aromatic N) is 3. The van der Waals surface area contributed by atoms with Crippen molar-refractivity contribution in [2.75, 3.05) is 0 Å². The molecule has 0 atom stereocenters. The van der Waals surface area contributed by atoms with Gasteiger partial charge in [0.25, 0.3) is 5.56 Å². The smallest absolute Gasteiger partial charge is 0.317 e. The fourth-order valence-electron chi connectivity index (χ4n) is 2.94. The van der Waals surface area contributed by atoms with Crippen LogP contribution in [0.3, 0.4) is 0 Å². The van der Waals surface area contributed by atoms with Crippen LogP contribution in [0.2, 0.25) is 0 Å². The number of alkyl halides is 3. The van der Waals surface area contributed by atoms with E-state index in [2.05, 4.69) is 26.4 Å². The lowest BCUT2D eigenvalue weighted by Crippen LogP contribution is -2.32. The Balaban J connectivity index is 1.97. The van der Waals surface area contributed by atoms with Crippen molar-refractivity contribution < 1.29 is 18.0 Å². The van der Waals surface area contributed by atoms with Gasteiger partial charge in [-0.1, -0.05) is 17.5 Å². The number of carbonyl (C=O) groups excluding carboxylic acids is 1. The molecule has 2 heterocycles. The maximum absolute atomic E-state index is 13.0. The van der Waals surface area contributed by atoms with Gasteiger partial charge in [0.2, 0.25) is 5.91 Å². The number of halogens is 4. The molecule has 3 rings (SSSR count). The van der Waals surface area contributed by atoms with Crippen LogP contribution in [0.5, 0.6) is 0 Å². The average molecular weight is 462 g/mol. The Kier molecular flexibility index (Phi) is 6.50. The molecule has 2 aromatic heterocycles. The second kappa shape index (κ2) is 9.11. The second-order valence-electron chi connectivity index (χ2n) is 6.58. The minimum Gasteiger partial charge on any atom is -0.317 e. The van der Waals surface area contributed by atoms with E-state index < -0.39 is 29.8 Å². The van der Waals surface area contributed by atoms with Gasteiger partial charge >= 0.3 is 6.18 Å². The predicted molar refractivity (Wildman–Crippen MR) is 113 cm³/mol. The molecule has 0 fully saturated rings. The number of amides is 1. The number of aromatic nitrogens is 4. The number of carbonyl (C=O) groups is 1. The Morgan fingerprint density at radius 3 is 2.69 bits per heavy atom. The monoisotopic (exact) mass is 461 g/mol. The number of terminal acetylenes is 1.